The molecule has 0 bridgehead atoms. The van der Waals surface area contributed by atoms with Crippen LogP contribution in [0.5, 0.6) is 0 Å². The molecule has 0 aromatic carbocycles. The molecular formula is C18H28N4O2. The molecule has 1 saturated carbocycles. The van der Waals surface area contributed by atoms with Gasteiger partial charge < -0.3 is 20.6 Å². The molecule has 2 fully saturated rings. The van der Waals surface area contributed by atoms with Gasteiger partial charge in [0.1, 0.15) is 5.82 Å². The van der Waals surface area contributed by atoms with Crippen LogP contribution in [0.2, 0.25) is 0 Å². The molecule has 3 N–H and O–H groups in total. The van der Waals surface area contributed by atoms with Gasteiger partial charge in [-0.3, -0.25) is 0 Å². The first-order valence-corrected chi connectivity index (χ1v) is 9.03. The molecule has 1 aliphatic heterocycles. The number of urea groups is 1. The number of amides is 2. The Morgan fingerprint density at radius 3 is 2.79 bits per heavy atom. The van der Waals surface area contributed by atoms with Crippen molar-refractivity contribution >= 4 is 11.8 Å². The third kappa shape index (κ3) is 4.38. The normalized spacial score (nSPS) is 23.5. The van der Waals surface area contributed by atoms with Crippen LogP contribution in [0.3, 0.4) is 0 Å². The second-order valence-corrected chi connectivity index (χ2v) is 7.03. The van der Waals surface area contributed by atoms with Gasteiger partial charge in [0, 0.05) is 37.4 Å². The minimum Gasteiger partial charge on any atom is -0.393 e. The zero-order chi connectivity index (χ0) is 16.9. The Bertz CT molecular complexity index is 572. The van der Waals surface area contributed by atoms with E-state index < -0.39 is 0 Å². The van der Waals surface area contributed by atoms with Crippen LogP contribution in [0.4, 0.5) is 10.6 Å². The molecule has 2 amide bonds. The minimum atomic E-state index is -0.193. The van der Waals surface area contributed by atoms with Gasteiger partial charge in [0.25, 0.3) is 0 Å². The predicted molar refractivity (Wildman–Crippen MR) is 94.0 cm³/mol. The van der Waals surface area contributed by atoms with Crippen molar-refractivity contribution in [1.82, 2.24) is 15.6 Å². The highest BCUT2D eigenvalue weighted by Crippen LogP contribution is 2.25. The molecule has 1 aromatic rings. The van der Waals surface area contributed by atoms with E-state index in [1.54, 1.807) is 0 Å². The van der Waals surface area contributed by atoms with E-state index in [1.165, 1.54) is 12.8 Å². The van der Waals surface area contributed by atoms with Gasteiger partial charge in [-0.05, 0) is 51.0 Å². The molecule has 1 saturated heterocycles. The Balaban J connectivity index is 1.51. The van der Waals surface area contributed by atoms with E-state index in [9.17, 15) is 9.90 Å². The summed E-state index contributed by atoms with van der Waals surface area (Å²) in [4.78, 5) is 19.0. The summed E-state index contributed by atoms with van der Waals surface area (Å²) in [6.07, 6.45) is 4.85. The van der Waals surface area contributed by atoms with Gasteiger partial charge in [0.05, 0.1) is 6.10 Å². The summed E-state index contributed by atoms with van der Waals surface area (Å²) < 4.78 is 0. The van der Waals surface area contributed by atoms with Gasteiger partial charge in [-0.15, -0.1) is 0 Å². The van der Waals surface area contributed by atoms with Crippen LogP contribution >= 0.6 is 0 Å². The number of hydrogen-bond acceptors (Lipinski definition) is 4. The lowest BCUT2D eigenvalue weighted by atomic mass is 10.1. The number of rotatable bonds is 5. The first-order valence-electron chi connectivity index (χ1n) is 9.03. The highest BCUT2D eigenvalue weighted by molar-refractivity contribution is 5.74. The van der Waals surface area contributed by atoms with Crippen molar-refractivity contribution in [3.63, 3.8) is 0 Å². The summed E-state index contributed by atoms with van der Waals surface area (Å²) in [5.41, 5.74) is 2.07. The lowest BCUT2D eigenvalue weighted by molar-refractivity contribution is 0.177. The topological polar surface area (TPSA) is 77.5 Å². The van der Waals surface area contributed by atoms with Gasteiger partial charge in [-0.2, -0.15) is 0 Å². The monoisotopic (exact) mass is 332 g/mol. The van der Waals surface area contributed by atoms with E-state index in [-0.39, 0.29) is 12.1 Å². The number of nitrogens with one attached hydrogen (secondary N) is 2. The minimum absolute atomic E-state index is 0.149. The van der Waals surface area contributed by atoms with Crippen molar-refractivity contribution in [2.45, 2.75) is 51.7 Å². The zero-order valence-electron chi connectivity index (χ0n) is 14.4. The molecule has 1 aliphatic carbocycles. The predicted octanol–water partition coefficient (Wildman–Crippen LogP) is 1.95. The SMILES string of the molecule is Cc1ccc(CNC(=O)NC[C@@H]2CC[C@@H](O)C2)c(N2CCCC2)n1. The van der Waals surface area contributed by atoms with Gasteiger partial charge >= 0.3 is 6.03 Å². The molecule has 3 rings (SSSR count). The standard InChI is InChI=1S/C18H28N4O2/c1-13-4-6-15(17(21-13)22-8-2-3-9-22)12-20-18(24)19-11-14-5-7-16(23)10-14/h4,6,14,16,23H,2-3,5,7-12H2,1H3,(H2,19,20,24)/t14-,16-/m1/s1. The van der Waals surface area contributed by atoms with Crippen molar-refractivity contribution < 1.29 is 9.90 Å². The van der Waals surface area contributed by atoms with E-state index in [0.29, 0.717) is 19.0 Å². The first-order chi connectivity index (χ1) is 11.6. The zero-order valence-corrected chi connectivity index (χ0v) is 14.4. The summed E-state index contributed by atoms with van der Waals surface area (Å²) in [7, 11) is 0. The fourth-order valence-electron chi connectivity index (χ4n) is 3.62. The number of aromatic nitrogens is 1. The molecule has 6 heteroatoms. The van der Waals surface area contributed by atoms with Gasteiger partial charge in [-0.1, -0.05) is 6.07 Å². The summed E-state index contributed by atoms with van der Waals surface area (Å²) in [5, 5.41) is 15.4. The van der Waals surface area contributed by atoms with E-state index in [0.717, 1.165) is 49.4 Å². The van der Waals surface area contributed by atoms with Crippen LogP contribution in [0, 0.1) is 12.8 Å². The number of anilines is 1. The second-order valence-electron chi connectivity index (χ2n) is 7.03. The Hall–Kier alpha value is -1.82. The molecule has 2 atom stereocenters. The lowest BCUT2D eigenvalue weighted by Gasteiger charge is -2.21. The largest absolute Gasteiger partial charge is 0.393 e. The smallest absolute Gasteiger partial charge is 0.315 e. The van der Waals surface area contributed by atoms with Gasteiger partial charge in [-0.25, -0.2) is 9.78 Å². The number of aliphatic hydroxyl groups excluding tert-OH is 1. The fraction of sp³-hybridized carbons (Fsp3) is 0.667. The number of carbonyl (C=O) groups excluding carboxylic acids is 1. The molecule has 6 nitrogen and oxygen atoms in total. The van der Waals surface area contributed by atoms with Crippen LogP contribution in [-0.4, -0.2) is 41.9 Å². The Labute approximate surface area is 143 Å². The maximum Gasteiger partial charge on any atom is 0.315 e. The van der Waals surface area contributed by atoms with Crippen molar-refractivity contribution in [2.24, 2.45) is 5.92 Å². The average Bonchev–Trinajstić information content (AvgIpc) is 3.23. The molecule has 132 valence electrons. The van der Waals surface area contributed by atoms with Crippen LogP contribution in [0.1, 0.15) is 43.4 Å². The molecule has 0 unspecified atom stereocenters. The summed E-state index contributed by atoms with van der Waals surface area (Å²) in [5.74, 6) is 1.40. The molecule has 0 spiro atoms. The third-order valence-electron chi connectivity index (χ3n) is 5.01. The van der Waals surface area contributed by atoms with E-state index in [2.05, 4.69) is 26.6 Å². The highest BCUT2D eigenvalue weighted by Gasteiger charge is 2.23. The Morgan fingerprint density at radius 1 is 1.29 bits per heavy atom. The number of hydrogen-bond donors (Lipinski definition) is 3. The Kier molecular flexibility index (Phi) is 5.56. The van der Waals surface area contributed by atoms with Crippen LogP contribution in [0.25, 0.3) is 0 Å². The number of carbonyl (C=O) groups is 1. The van der Waals surface area contributed by atoms with E-state index in [4.69, 9.17) is 0 Å². The van der Waals surface area contributed by atoms with Crippen molar-refractivity contribution in [3.8, 4) is 0 Å². The maximum atomic E-state index is 12.0. The highest BCUT2D eigenvalue weighted by atomic mass is 16.3. The summed E-state index contributed by atoms with van der Waals surface area (Å²) in [6.45, 7) is 5.20. The molecule has 2 heterocycles. The first kappa shape index (κ1) is 17.0. The molecule has 24 heavy (non-hydrogen) atoms. The number of pyridine rings is 1. The number of nitrogens with zero attached hydrogens (tertiary/aromatic N) is 2. The lowest BCUT2D eigenvalue weighted by Crippen LogP contribution is -2.38. The van der Waals surface area contributed by atoms with Crippen molar-refractivity contribution in [1.29, 1.82) is 0 Å². The molecule has 0 radical (unpaired) electrons. The molecular weight excluding hydrogens is 304 g/mol. The second kappa shape index (κ2) is 7.83. The summed E-state index contributed by atoms with van der Waals surface area (Å²) in [6, 6.07) is 3.90. The van der Waals surface area contributed by atoms with Crippen molar-refractivity contribution in [3.05, 3.63) is 23.4 Å². The van der Waals surface area contributed by atoms with Gasteiger partial charge in [0.15, 0.2) is 0 Å². The molecule has 1 aromatic heterocycles. The van der Waals surface area contributed by atoms with Crippen LogP contribution < -0.4 is 15.5 Å². The molecule has 2 aliphatic rings. The average molecular weight is 332 g/mol. The van der Waals surface area contributed by atoms with Crippen molar-refractivity contribution in [2.75, 3.05) is 24.5 Å². The fourth-order valence-corrected chi connectivity index (χ4v) is 3.62. The Morgan fingerprint density at radius 2 is 2.08 bits per heavy atom. The van der Waals surface area contributed by atoms with E-state index in [1.807, 2.05) is 13.0 Å². The summed E-state index contributed by atoms with van der Waals surface area (Å²) >= 11 is 0. The van der Waals surface area contributed by atoms with Gasteiger partial charge in [0.2, 0.25) is 0 Å². The van der Waals surface area contributed by atoms with E-state index >= 15 is 0 Å². The number of aryl methyl sites for hydroxylation is 1. The van der Waals surface area contributed by atoms with Crippen LogP contribution in [0.15, 0.2) is 12.1 Å². The maximum absolute atomic E-state index is 12.0. The third-order valence-corrected chi connectivity index (χ3v) is 5.01. The quantitative estimate of drug-likeness (QED) is 0.770. The number of aliphatic hydroxyl groups is 1. The van der Waals surface area contributed by atoms with Crippen LogP contribution in [-0.2, 0) is 6.54 Å².